The molecule has 25 heavy (non-hydrogen) atoms. The Kier molecular flexibility index (Phi) is 5.98. The summed E-state index contributed by atoms with van der Waals surface area (Å²) in [4.78, 5) is 9.47. The number of fused-ring (bicyclic) bond motifs is 1. The molecule has 2 aliphatic heterocycles. The molecule has 5 heteroatoms. The van der Waals surface area contributed by atoms with E-state index >= 15 is 0 Å². The Morgan fingerprint density at radius 3 is 2.88 bits per heavy atom. The summed E-state index contributed by atoms with van der Waals surface area (Å²) >= 11 is 0. The Balaban J connectivity index is 1.27. The number of hydrogen-bond acceptors (Lipinski definition) is 5. The molecule has 0 spiro atoms. The largest absolute Gasteiger partial charge is 0.373 e. The molecule has 1 aromatic heterocycles. The van der Waals surface area contributed by atoms with E-state index in [2.05, 4.69) is 20.9 Å². The molecular formula is C20H31N3O2. The van der Waals surface area contributed by atoms with Crippen LogP contribution in [-0.4, -0.2) is 72.4 Å². The SMILES string of the molecule is c1cncc(CO[C@@H]2CC[C@@H]3[C@@H]2OCCN3CCN2CCCCC2)c1. The van der Waals surface area contributed by atoms with E-state index < -0.39 is 0 Å². The highest BCUT2D eigenvalue weighted by molar-refractivity contribution is 5.07. The number of hydrogen-bond donors (Lipinski definition) is 0. The second-order valence-electron chi connectivity index (χ2n) is 7.63. The molecule has 0 amide bonds. The Bertz CT molecular complexity index is 521. The summed E-state index contributed by atoms with van der Waals surface area (Å²) < 4.78 is 12.3. The number of piperidine rings is 1. The van der Waals surface area contributed by atoms with E-state index in [1.165, 1.54) is 51.9 Å². The standard InChI is InChI=1S/C20H31N3O2/c1-2-9-22(10-3-1)11-12-23-13-14-24-20-18(23)6-7-19(20)25-16-17-5-4-8-21-15-17/h4-5,8,15,18-20H,1-3,6-7,9-14,16H2/t18-,19-,20+/m1/s1. The third-order valence-corrected chi connectivity index (χ3v) is 5.99. The van der Waals surface area contributed by atoms with Crippen LogP contribution in [0.5, 0.6) is 0 Å². The molecule has 3 atom stereocenters. The maximum atomic E-state index is 6.20. The minimum Gasteiger partial charge on any atom is -0.373 e. The van der Waals surface area contributed by atoms with Crippen molar-refractivity contribution >= 4 is 0 Å². The second kappa shape index (κ2) is 8.58. The monoisotopic (exact) mass is 345 g/mol. The normalized spacial score (nSPS) is 31.1. The van der Waals surface area contributed by atoms with Crippen LogP contribution < -0.4 is 0 Å². The predicted octanol–water partition coefficient (Wildman–Crippen LogP) is 2.32. The molecule has 1 saturated carbocycles. The Hall–Kier alpha value is -1.01. The zero-order valence-electron chi connectivity index (χ0n) is 15.2. The molecule has 138 valence electrons. The molecule has 0 radical (unpaired) electrons. The minimum atomic E-state index is 0.225. The van der Waals surface area contributed by atoms with Gasteiger partial charge in [0.25, 0.3) is 0 Å². The van der Waals surface area contributed by atoms with Crippen LogP contribution >= 0.6 is 0 Å². The summed E-state index contributed by atoms with van der Waals surface area (Å²) in [5.41, 5.74) is 1.14. The van der Waals surface area contributed by atoms with E-state index in [1.807, 2.05) is 12.3 Å². The van der Waals surface area contributed by atoms with E-state index in [-0.39, 0.29) is 12.2 Å². The first-order chi connectivity index (χ1) is 12.4. The topological polar surface area (TPSA) is 37.8 Å². The van der Waals surface area contributed by atoms with Crippen molar-refractivity contribution in [2.24, 2.45) is 0 Å². The van der Waals surface area contributed by atoms with Gasteiger partial charge in [-0.25, -0.2) is 0 Å². The lowest BCUT2D eigenvalue weighted by molar-refractivity contribution is -0.117. The highest BCUT2D eigenvalue weighted by Gasteiger charge is 2.43. The second-order valence-corrected chi connectivity index (χ2v) is 7.63. The van der Waals surface area contributed by atoms with Crippen molar-refractivity contribution in [3.8, 4) is 0 Å². The molecule has 3 fully saturated rings. The van der Waals surface area contributed by atoms with Gasteiger partial charge in [0.05, 0.1) is 25.4 Å². The first-order valence-corrected chi connectivity index (χ1v) is 9.99. The van der Waals surface area contributed by atoms with E-state index in [9.17, 15) is 0 Å². The molecule has 0 aromatic carbocycles. The molecule has 1 aliphatic carbocycles. The number of rotatable bonds is 6. The average Bonchev–Trinajstić information content (AvgIpc) is 3.10. The molecule has 3 aliphatic rings. The van der Waals surface area contributed by atoms with Crippen LogP contribution in [0.2, 0.25) is 0 Å². The van der Waals surface area contributed by atoms with Crippen molar-refractivity contribution < 1.29 is 9.47 Å². The third kappa shape index (κ3) is 4.40. The van der Waals surface area contributed by atoms with E-state index in [1.54, 1.807) is 6.20 Å². The highest BCUT2D eigenvalue weighted by Crippen LogP contribution is 2.32. The van der Waals surface area contributed by atoms with Crippen LogP contribution in [0.25, 0.3) is 0 Å². The first-order valence-electron chi connectivity index (χ1n) is 9.99. The lowest BCUT2D eigenvalue weighted by atomic mass is 10.1. The minimum absolute atomic E-state index is 0.225. The number of likely N-dealkylation sites (tertiary alicyclic amines) is 1. The number of aromatic nitrogens is 1. The van der Waals surface area contributed by atoms with E-state index in [0.717, 1.165) is 25.1 Å². The Morgan fingerprint density at radius 1 is 1.12 bits per heavy atom. The molecule has 0 bridgehead atoms. The van der Waals surface area contributed by atoms with Gasteiger partial charge >= 0.3 is 0 Å². The molecule has 2 saturated heterocycles. The number of morpholine rings is 1. The van der Waals surface area contributed by atoms with Gasteiger partial charge in [-0.15, -0.1) is 0 Å². The van der Waals surface area contributed by atoms with Crippen LogP contribution in [0.1, 0.15) is 37.7 Å². The van der Waals surface area contributed by atoms with Crippen molar-refractivity contribution in [1.82, 2.24) is 14.8 Å². The number of pyridine rings is 1. The summed E-state index contributed by atoms with van der Waals surface area (Å²) in [6.07, 6.45) is 10.6. The smallest absolute Gasteiger partial charge is 0.0992 e. The predicted molar refractivity (Wildman–Crippen MR) is 97.4 cm³/mol. The van der Waals surface area contributed by atoms with Gasteiger partial charge in [0.2, 0.25) is 0 Å². The zero-order valence-corrected chi connectivity index (χ0v) is 15.2. The van der Waals surface area contributed by atoms with E-state index in [0.29, 0.717) is 12.6 Å². The molecular weight excluding hydrogens is 314 g/mol. The van der Waals surface area contributed by atoms with Crippen LogP contribution in [0.4, 0.5) is 0 Å². The quantitative estimate of drug-likeness (QED) is 0.791. The first kappa shape index (κ1) is 17.4. The van der Waals surface area contributed by atoms with E-state index in [4.69, 9.17) is 9.47 Å². The number of ether oxygens (including phenoxy) is 2. The molecule has 3 heterocycles. The Morgan fingerprint density at radius 2 is 2.04 bits per heavy atom. The van der Waals surface area contributed by atoms with Gasteiger partial charge in [0.15, 0.2) is 0 Å². The van der Waals surface area contributed by atoms with Gasteiger partial charge in [0.1, 0.15) is 0 Å². The summed E-state index contributed by atoms with van der Waals surface area (Å²) in [7, 11) is 0. The van der Waals surface area contributed by atoms with Crippen LogP contribution in [-0.2, 0) is 16.1 Å². The lowest BCUT2D eigenvalue weighted by Gasteiger charge is -2.40. The fourth-order valence-electron chi connectivity index (χ4n) is 4.59. The van der Waals surface area contributed by atoms with Crippen LogP contribution in [0.3, 0.4) is 0 Å². The van der Waals surface area contributed by atoms with Crippen molar-refractivity contribution in [3.05, 3.63) is 30.1 Å². The summed E-state index contributed by atoms with van der Waals surface area (Å²) in [6, 6.07) is 4.58. The van der Waals surface area contributed by atoms with Crippen molar-refractivity contribution in [1.29, 1.82) is 0 Å². The molecule has 1 aromatic rings. The van der Waals surface area contributed by atoms with Gasteiger partial charge < -0.3 is 14.4 Å². The molecule has 4 rings (SSSR count). The van der Waals surface area contributed by atoms with Gasteiger partial charge in [-0.3, -0.25) is 9.88 Å². The maximum absolute atomic E-state index is 6.20. The average molecular weight is 345 g/mol. The molecule has 0 N–H and O–H groups in total. The molecule has 5 nitrogen and oxygen atoms in total. The van der Waals surface area contributed by atoms with Gasteiger partial charge in [-0.05, 0) is 50.4 Å². The third-order valence-electron chi connectivity index (χ3n) is 5.99. The van der Waals surface area contributed by atoms with Crippen LogP contribution in [0, 0.1) is 0 Å². The van der Waals surface area contributed by atoms with Gasteiger partial charge in [0, 0.05) is 38.1 Å². The maximum Gasteiger partial charge on any atom is 0.0992 e. The highest BCUT2D eigenvalue weighted by atomic mass is 16.5. The fraction of sp³-hybridized carbons (Fsp3) is 0.750. The molecule has 0 unspecified atom stereocenters. The van der Waals surface area contributed by atoms with Crippen molar-refractivity contribution in [3.63, 3.8) is 0 Å². The Labute approximate surface area is 151 Å². The van der Waals surface area contributed by atoms with Crippen molar-refractivity contribution in [2.75, 3.05) is 39.3 Å². The summed E-state index contributed by atoms with van der Waals surface area (Å²) in [5.74, 6) is 0. The summed E-state index contributed by atoms with van der Waals surface area (Å²) in [6.45, 7) is 7.52. The number of nitrogens with zero attached hydrogens (tertiary/aromatic N) is 3. The van der Waals surface area contributed by atoms with Gasteiger partial charge in [-0.2, -0.15) is 0 Å². The fourth-order valence-corrected chi connectivity index (χ4v) is 4.59. The summed E-state index contributed by atoms with van der Waals surface area (Å²) in [5, 5.41) is 0. The lowest BCUT2D eigenvalue weighted by Crippen LogP contribution is -2.53. The zero-order chi connectivity index (χ0) is 16.9. The van der Waals surface area contributed by atoms with Crippen LogP contribution in [0.15, 0.2) is 24.5 Å². The van der Waals surface area contributed by atoms with Crippen molar-refractivity contribution in [2.45, 2.75) is 57.0 Å². The van der Waals surface area contributed by atoms with Gasteiger partial charge in [-0.1, -0.05) is 12.5 Å².